The lowest BCUT2D eigenvalue weighted by Gasteiger charge is -2.27. The van der Waals surface area contributed by atoms with Gasteiger partial charge in [-0.1, -0.05) is 19.1 Å². The number of ether oxygens (including phenoxy) is 1. The second-order valence-corrected chi connectivity index (χ2v) is 5.18. The van der Waals surface area contributed by atoms with E-state index in [1.807, 2.05) is 38.1 Å². The van der Waals surface area contributed by atoms with Gasteiger partial charge in [-0.05, 0) is 45.0 Å². The Morgan fingerprint density at radius 2 is 1.85 bits per heavy atom. The molecule has 1 aromatic carbocycles. The van der Waals surface area contributed by atoms with Gasteiger partial charge in [-0.3, -0.25) is 9.69 Å². The van der Waals surface area contributed by atoms with Crippen molar-refractivity contribution in [2.45, 2.75) is 46.3 Å². The van der Waals surface area contributed by atoms with Gasteiger partial charge in [-0.25, -0.2) is 0 Å². The van der Waals surface area contributed by atoms with Crippen LogP contribution in [-0.4, -0.2) is 35.2 Å². The number of carboxylic acid groups (broad SMARTS) is 1. The van der Waals surface area contributed by atoms with E-state index in [1.54, 1.807) is 0 Å². The highest BCUT2D eigenvalue weighted by molar-refractivity contribution is 5.66. The maximum Gasteiger partial charge on any atom is 0.304 e. The first kappa shape index (κ1) is 16.5. The number of carboxylic acids is 1. The lowest BCUT2D eigenvalue weighted by Crippen LogP contribution is -2.29. The van der Waals surface area contributed by atoms with Gasteiger partial charge in [0.1, 0.15) is 5.75 Å². The van der Waals surface area contributed by atoms with Crippen LogP contribution in [0.3, 0.4) is 0 Å². The molecule has 0 radical (unpaired) electrons. The minimum Gasteiger partial charge on any atom is -0.491 e. The SMILES string of the molecule is CCN(CCC(=O)O)C(C)c1ccc(OC(C)C)cc1. The zero-order valence-corrected chi connectivity index (χ0v) is 12.8. The Balaban J connectivity index is 2.69. The van der Waals surface area contributed by atoms with E-state index in [0.717, 1.165) is 12.3 Å². The van der Waals surface area contributed by atoms with Gasteiger partial charge in [-0.15, -0.1) is 0 Å². The standard InChI is InChI=1S/C16H25NO3/c1-5-17(11-10-16(18)19)13(4)14-6-8-15(9-7-14)20-12(2)3/h6-9,12-13H,5,10-11H2,1-4H3,(H,18,19). The number of rotatable bonds is 8. The summed E-state index contributed by atoms with van der Waals surface area (Å²) in [5.74, 6) is 0.112. The molecular weight excluding hydrogens is 254 g/mol. The molecule has 0 fully saturated rings. The van der Waals surface area contributed by atoms with Crippen LogP contribution in [0.4, 0.5) is 0 Å². The van der Waals surface area contributed by atoms with Gasteiger partial charge in [0, 0.05) is 12.6 Å². The van der Waals surface area contributed by atoms with Crippen molar-refractivity contribution in [2.75, 3.05) is 13.1 Å². The Hall–Kier alpha value is -1.55. The van der Waals surface area contributed by atoms with Gasteiger partial charge in [0.25, 0.3) is 0 Å². The van der Waals surface area contributed by atoms with Gasteiger partial charge >= 0.3 is 5.97 Å². The average Bonchev–Trinajstić information content (AvgIpc) is 2.39. The highest BCUT2D eigenvalue weighted by atomic mass is 16.5. The summed E-state index contributed by atoms with van der Waals surface area (Å²) in [4.78, 5) is 12.8. The molecule has 4 heteroatoms. The van der Waals surface area contributed by atoms with Crippen molar-refractivity contribution < 1.29 is 14.6 Å². The number of hydrogen-bond acceptors (Lipinski definition) is 3. The van der Waals surface area contributed by atoms with Crippen LogP contribution in [-0.2, 0) is 4.79 Å². The molecule has 0 aromatic heterocycles. The van der Waals surface area contributed by atoms with Crippen LogP contribution < -0.4 is 4.74 Å². The first-order valence-corrected chi connectivity index (χ1v) is 7.16. The van der Waals surface area contributed by atoms with Crippen LogP contribution in [0, 0.1) is 0 Å². The van der Waals surface area contributed by atoms with Gasteiger partial charge in [-0.2, -0.15) is 0 Å². The molecule has 1 N–H and O–H groups in total. The third-order valence-electron chi connectivity index (χ3n) is 3.30. The summed E-state index contributed by atoms with van der Waals surface area (Å²) in [6.45, 7) is 9.55. The fourth-order valence-corrected chi connectivity index (χ4v) is 2.17. The Bertz CT molecular complexity index is 414. The molecule has 0 aliphatic rings. The van der Waals surface area contributed by atoms with E-state index in [1.165, 1.54) is 5.56 Å². The summed E-state index contributed by atoms with van der Waals surface area (Å²) in [6, 6.07) is 8.23. The first-order chi connectivity index (χ1) is 9.43. The number of hydrogen-bond donors (Lipinski definition) is 1. The second-order valence-electron chi connectivity index (χ2n) is 5.18. The Morgan fingerprint density at radius 3 is 2.30 bits per heavy atom. The molecule has 1 rings (SSSR count). The largest absolute Gasteiger partial charge is 0.491 e. The van der Waals surface area contributed by atoms with Crippen LogP contribution in [0.2, 0.25) is 0 Å². The van der Waals surface area contributed by atoms with Crippen LogP contribution in [0.1, 0.15) is 45.7 Å². The molecule has 0 saturated carbocycles. The summed E-state index contributed by atoms with van der Waals surface area (Å²) >= 11 is 0. The molecule has 0 bridgehead atoms. The number of aliphatic carboxylic acids is 1. The molecule has 0 aliphatic heterocycles. The van der Waals surface area contributed by atoms with E-state index in [4.69, 9.17) is 9.84 Å². The third kappa shape index (κ3) is 5.21. The van der Waals surface area contributed by atoms with Gasteiger partial charge in [0.15, 0.2) is 0 Å². The zero-order chi connectivity index (χ0) is 15.1. The molecule has 1 atom stereocenters. The summed E-state index contributed by atoms with van der Waals surface area (Å²) in [6.07, 6.45) is 0.341. The molecule has 4 nitrogen and oxygen atoms in total. The van der Waals surface area contributed by atoms with E-state index in [9.17, 15) is 4.79 Å². The van der Waals surface area contributed by atoms with Crippen molar-refractivity contribution in [2.24, 2.45) is 0 Å². The zero-order valence-electron chi connectivity index (χ0n) is 12.8. The highest BCUT2D eigenvalue weighted by Gasteiger charge is 2.15. The Labute approximate surface area is 121 Å². The van der Waals surface area contributed by atoms with Crippen molar-refractivity contribution in [3.63, 3.8) is 0 Å². The molecule has 1 unspecified atom stereocenters. The van der Waals surface area contributed by atoms with Crippen LogP contribution >= 0.6 is 0 Å². The average molecular weight is 279 g/mol. The first-order valence-electron chi connectivity index (χ1n) is 7.16. The van der Waals surface area contributed by atoms with E-state index in [0.29, 0.717) is 6.54 Å². The smallest absolute Gasteiger partial charge is 0.304 e. The van der Waals surface area contributed by atoms with Crippen LogP contribution in [0.5, 0.6) is 5.75 Å². The lowest BCUT2D eigenvalue weighted by molar-refractivity contribution is -0.137. The summed E-state index contributed by atoms with van der Waals surface area (Å²) in [5, 5.41) is 8.79. The lowest BCUT2D eigenvalue weighted by atomic mass is 10.1. The van der Waals surface area contributed by atoms with E-state index in [-0.39, 0.29) is 18.6 Å². The van der Waals surface area contributed by atoms with Crippen LogP contribution in [0.15, 0.2) is 24.3 Å². The molecular formula is C16H25NO3. The van der Waals surface area contributed by atoms with E-state index < -0.39 is 5.97 Å². The molecule has 0 heterocycles. The Kier molecular flexibility index (Phi) is 6.52. The van der Waals surface area contributed by atoms with Crippen molar-refractivity contribution in [1.29, 1.82) is 0 Å². The van der Waals surface area contributed by atoms with Crippen molar-refractivity contribution in [3.8, 4) is 5.75 Å². The Morgan fingerprint density at radius 1 is 1.25 bits per heavy atom. The summed E-state index contributed by atoms with van der Waals surface area (Å²) in [7, 11) is 0. The molecule has 0 saturated heterocycles. The minimum absolute atomic E-state index is 0.168. The van der Waals surface area contributed by atoms with Crippen molar-refractivity contribution in [3.05, 3.63) is 29.8 Å². The fraction of sp³-hybridized carbons (Fsp3) is 0.562. The topological polar surface area (TPSA) is 49.8 Å². The number of carbonyl (C=O) groups is 1. The summed E-state index contributed by atoms with van der Waals surface area (Å²) in [5.41, 5.74) is 1.17. The van der Waals surface area contributed by atoms with E-state index in [2.05, 4.69) is 18.7 Å². The van der Waals surface area contributed by atoms with Gasteiger partial charge in [0.05, 0.1) is 12.5 Å². The normalized spacial score (nSPS) is 12.7. The molecule has 0 aliphatic carbocycles. The maximum absolute atomic E-state index is 10.7. The molecule has 20 heavy (non-hydrogen) atoms. The quantitative estimate of drug-likeness (QED) is 0.793. The van der Waals surface area contributed by atoms with E-state index >= 15 is 0 Å². The van der Waals surface area contributed by atoms with Crippen LogP contribution in [0.25, 0.3) is 0 Å². The number of nitrogens with zero attached hydrogens (tertiary/aromatic N) is 1. The number of benzene rings is 1. The highest BCUT2D eigenvalue weighted by Crippen LogP contribution is 2.23. The second kappa shape index (κ2) is 7.90. The molecule has 112 valence electrons. The fourth-order valence-electron chi connectivity index (χ4n) is 2.17. The predicted molar refractivity (Wildman–Crippen MR) is 80.1 cm³/mol. The molecule has 0 spiro atoms. The predicted octanol–water partition coefficient (Wildman–Crippen LogP) is 3.33. The minimum atomic E-state index is -0.753. The van der Waals surface area contributed by atoms with Gasteiger partial charge < -0.3 is 9.84 Å². The third-order valence-corrected chi connectivity index (χ3v) is 3.30. The van der Waals surface area contributed by atoms with Crippen molar-refractivity contribution in [1.82, 2.24) is 4.90 Å². The monoisotopic (exact) mass is 279 g/mol. The molecule has 1 aromatic rings. The maximum atomic E-state index is 10.7. The van der Waals surface area contributed by atoms with Gasteiger partial charge in [0.2, 0.25) is 0 Å². The summed E-state index contributed by atoms with van der Waals surface area (Å²) < 4.78 is 5.62. The molecule has 0 amide bonds. The van der Waals surface area contributed by atoms with Crippen molar-refractivity contribution >= 4 is 5.97 Å².